The summed E-state index contributed by atoms with van der Waals surface area (Å²) in [5, 5.41) is 16.2. The number of nitriles is 1. The Morgan fingerprint density at radius 2 is 2.07 bits per heavy atom. The molecule has 0 aliphatic carbocycles. The smallest absolute Gasteiger partial charge is 0.251 e. The van der Waals surface area contributed by atoms with Crippen molar-refractivity contribution in [2.45, 2.75) is 25.9 Å². The van der Waals surface area contributed by atoms with Crippen LogP contribution in [-0.4, -0.2) is 42.8 Å². The van der Waals surface area contributed by atoms with Gasteiger partial charge in [-0.1, -0.05) is 31.7 Å². The topological polar surface area (TPSA) is 93.9 Å². The molecule has 0 radical (unpaired) electrons. The van der Waals surface area contributed by atoms with Gasteiger partial charge in [0.15, 0.2) is 16.8 Å². The number of rotatable bonds is 7. The van der Waals surface area contributed by atoms with Gasteiger partial charge in [0.2, 0.25) is 0 Å². The third-order valence-electron chi connectivity index (χ3n) is 4.14. The van der Waals surface area contributed by atoms with Crippen LogP contribution in [-0.2, 0) is 0 Å². The maximum atomic E-state index is 12.0. The molecule has 0 saturated carbocycles. The number of aryl methyl sites for hydroxylation is 1. The van der Waals surface area contributed by atoms with Gasteiger partial charge in [0.25, 0.3) is 5.91 Å². The van der Waals surface area contributed by atoms with Gasteiger partial charge in [-0.3, -0.25) is 4.79 Å². The number of carbonyl (C=O) groups excluding carboxylic acids is 1. The molecule has 2 aromatic rings. The van der Waals surface area contributed by atoms with Gasteiger partial charge >= 0.3 is 0 Å². The van der Waals surface area contributed by atoms with Crippen molar-refractivity contribution in [1.29, 1.82) is 5.26 Å². The van der Waals surface area contributed by atoms with Crippen molar-refractivity contribution in [2.24, 2.45) is 5.92 Å². The van der Waals surface area contributed by atoms with E-state index in [1.165, 1.54) is 11.8 Å². The lowest BCUT2D eigenvalue weighted by Gasteiger charge is -2.23. The highest BCUT2D eigenvalue weighted by atomic mass is 32.2. The van der Waals surface area contributed by atoms with Crippen LogP contribution in [0.5, 0.6) is 0 Å². The van der Waals surface area contributed by atoms with Crippen LogP contribution in [0, 0.1) is 24.2 Å². The third kappa shape index (κ3) is 4.93. The standard InChI is InChI=1S/C20H26N6OS/c1-12(2)11-26(5)18-15(10-21)17(24-20(25-18)28-6)23-16-9-14(19(27)22-4)8-7-13(16)3/h7-9,12H,11H2,1-6H3,(H,22,27)(H,23,24,25). The van der Waals surface area contributed by atoms with Crippen molar-refractivity contribution in [2.75, 3.05) is 37.1 Å². The van der Waals surface area contributed by atoms with Gasteiger partial charge in [-0.15, -0.1) is 0 Å². The average molecular weight is 399 g/mol. The number of thioether (sulfide) groups is 1. The minimum absolute atomic E-state index is 0.173. The summed E-state index contributed by atoms with van der Waals surface area (Å²) in [6, 6.07) is 7.62. The number of hydrogen-bond acceptors (Lipinski definition) is 7. The van der Waals surface area contributed by atoms with E-state index in [-0.39, 0.29) is 5.91 Å². The van der Waals surface area contributed by atoms with E-state index in [1.807, 2.05) is 31.2 Å². The lowest BCUT2D eigenvalue weighted by Crippen LogP contribution is -2.25. The van der Waals surface area contributed by atoms with Crippen LogP contribution in [0.3, 0.4) is 0 Å². The molecule has 1 heterocycles. The second-order valence-electron chi connectivity index (χ2n) is 6.88. The van der Waals surface area contributed by atoms with Crippen molar-refractivity contribution in [3.63, 3.8) is 0 Å². The Bertz CT molecular complexity index is 906. The molecule has 0 bridgehead atoms. The Kier molecular flexibility index (Phi) is 7.24. The predicted molar refractivity (Wildman–Crippen MR) is 114 cm³/mol. The summed E-state index contributed by atoms with van der Waals surface area (Å²) in [6.45, 7) is 6.94. The number of nitrogens with zero attached hydrogens (tertiary/aromatic N) is 4. The molecular weight excluding hydrogens is 372 g/mol. The van der Waals surface area contributed by atoms with Crippen LogP contribution in [0.4, 0.5) is 17.3 Å². The van der Waals surface area contributed by atoms with Gasteiger partial charge in [-0.2, -0.15) is 5.26 Å². The largest absolute Gasteiger partial charge is 0.358 e. The lowest BCUT2D eigenvalue weighted by molar-refractivity contribution is 0.0963. The van der Waals surface area contributed by atoms with Gasteiger partial charge in [0.1, 0.15) is 11.6 Å². The predicted octanol–water partition coefficient (Wildman–Crippen LogP) is 3.57. The number of nitrogens with one attached hydrogen (secondary N) is 2. The van der Waals surface area contributed by atoms with Gasteiger partial charge < -0.3 is 15.5 Å². The summed E-state index contributed by atoms with van der Waals surface area (Å²) in [6.07, 6.45) is 1.90. The first-order chi connectivity index (χ1) is 13.3. The molecular formula is C20H26N6OS. The highest BCUT2D eigenvalue weighted by Crippen LogP contribution is 2.30. The second kappa shape index (κ2) is 9.42. The van der Waals surface area contributed by atoms with Gasteiger partial charge in [0, 0.05) is 31.9 Å². The number of carbonyl (C=O) groups is 1. The fourth-order valence-electron chi connectivity index (χ4n) is 2.79. The first kappa shape index (κ1) is 21.5. The minimum Gasteiger partial charge on any atom is -0.358 e. The fourth-order valence-corrected chi connectivity index (χ4v) is 3.15. The van der Waals surface area contributed by atoms with Crippen LogP contribution in [0.1, 0.15) is 35.3 Å². The SMILES string of the molecule is CNC(=O)c1ccc(C)c(Nc2nc(SC)nc(N(C)CC(C)C)c2C#N)c1. The molecule has 1 aromatic heterocycles. The van der Waals surface area contributed by atoms with E-state index in [2.05, 4.69) is 40.5 Å². The van der Waals surface area contributed by atoms with Crippen molar-refractivity contribution in [3.05, 3.63) is 34.9 Å². The first-order valence-electron chi connectivity index (χ1n) is 8.97. The van der Waals surface area contributed by atoms with Crippen molar-refractivity contribution < 1.29 is 4.79 Å². The molecule has 8 heteroatoms. The van der Waals surface area contributed by atoms with E-state index >= 15 is 0 Å². The zero-order chi connectivity index (χ0) is 20.8. The number of aromatic nitrogens is 2. The molecule has 0 spiro atoms. The Morgan fingerprint density at radius 3 is 2.64 bits per heavy atom. The summed E-state index contributed by atoms with van der Waals surface area (Å²) >= 11 is 1.42. The number of amides is 1. The van der Waals surface area contributed by atoms with Gasteiger partial charge in [-0.25, -0.2) is 9.97 Å². The lowest BCUT2D eigenvalue weighted by atomic mass is 10.1. The van der Waals surface area contributed by atoms with E-state index in [0.29, 0.717) is 33.8 Å². The summed E-state index contributed by atoms with van der Waals surface area (Å²) in [7, 11) is 3.52. The second-order valence-corrected chi connectivity index (χ2v) is 7.65. The molecule has 7 nitrogen and oxygen atoms in total. The molecule has 2 rings (SSSR count). The molecule has 0 unspecified atom stereocenters. The molecule has 28 heavy (non-hydrogen) atoms. The van der Waals surface area contributed by atoms with Crippen LogP contribution in [0.15, 0.2) is 23.4 Å². The normalized spacial score (nSPS) is 10.5. The molecule has 1 aromatic carbocycles. The van der Waals surface area contributed by atoms with Crippen molar-refractivity contribution >= 4 is 35.0 Å². The molecule has 0 atom stereocenters. The monoisotopic (exact) mass is 398 g/mol. The van der Waals surface area contributed by atoms with Crippen LogP contribution >= 0.6 is 11.8 Å². The summed E-state index contributed by atoms with van der Waals surface area (Å²) in [4.78, 5) is 23.0. The highest BCUT2D eigenvalue weighted by molar-refractivity contribution is 7.98. The Morgan fingerprint density at radius 1 is 1.36 bits per heavy atom. The van der Waals surface area contributed by atoms with E-state index in [1.54, 1.807) is 19.2 Å². The van der Waals surface area contributed by atoms with Crippen LogP contribution < -0.4 is 15.5 Å². The molecule has 148 valence electrons. The maximum Gasteiger partial charge on any atom is 0.251 e. The van der Waals surface area contributed by atoms with Crippen molar-refractivity contribution in [3.8, 4) is 6.07 Å². The van der Waals surface area contributed by atoms with Crippen LogP contribution in [0.2, 0.25) is 0 Å². The van der Waals surface area contributed by atoms with E-state index < -0.39 is 0 Å². The third-order valence-corrected chi connectivity index (χ3v) is 4.69. The molecule has 0 aliphatic rings. The summed E-state index contributed by atoms with van der Waals surface area (Å²) in [5.41, 5.74) is 2.58. The molecule has 1 amide bonds. The fraction of sp³-hybridized carbons (Fsp3) is 0.400. The molecule has 0 fully saturated rings. The summed E-state index contributed by atoms with van der Waals surface area (Å²) in [5.74, 6) is 1.28. The molecule has 2 N–H and O–H groups in total. The average Bonchev–Trinajstić information content (AvgIpc) is 2.67. The quantitative estimate of drug-likeness (QED) is 0.544. The minimum atomic E-state index is -0.173. The van der Waals surface area contributed by atoms with E-state index in [9.17, 15) is 10.1 Å². The summed E-state index contributed by atoms with van der Waals surface area (Å²) < 4.78 is 0. The number of benzene rings is 1. The first-order valence-corrected chi connectivity index (χ1v) is 10.2. The maximum absolute atomic E-state index is 12.0. The Labute approximate surface area is 170 Å². The molecule has 0 aliphatic heterocycles. The zero-order valence-electron chi connectivity index (χ0n) is 17.1. The van der Waals surface area contributed by atoms with Crippen LogP contribution in [0.25, 0.3) is 0 Å². The number of hydrogen-bond donors (Lipinski definition) is 2. The Balaban J connectivity index is 2.54. The van der Waals surface area contributed by atoms with E-state index in [0.717, 1.165) is 17.8 Å². The number of anilines is 3. The van der Waals surface area contributed by atoms with Gasteiger partial charge in [0.05, 0.1) is 0 Å². The Hall–Kier alpha value is -2.79. The van der Waals surface area contributed by atoms with Gasteiger partial charge in [-0.05, 0) is 36.8 Å². The van der Waals surface area contributed by atoms with Crippen molar-refractivity contribution in [1.82, 2.24) is 15.3 Å². The van der Waals surface area contributed by atoms with E-state index in [4.69, 9.17) is 0 Å². The molecule has 0 saturated heterocycles. The highest BCUT2D eigenvalue weighted by Gasteiger charge is 2.19. The zero-order valence-corrected chi connectivity index (χ0v) is 17.9.